The summed E-state index contributed by atoms with van der Waals surface area (Å²) < 4.78 is 0. The fourth-order valence-corrected chi connectivity index (χ4v) is 5.54. The van der Waals surface area contributed by atoms with E-state index in [-0.39, 0.29) is 41.8 Å². The minimum absolute atomic E-state index is 0.0712. The van der Waals surface area contributed by atoms with Crippen molar-refractivity contribution in [1.82, 2.24) is 21.3 Å². The van der Waals surface area contributed by atoms with Crippen molar-refractivity contribution in [2.45, 2.75) is 116 Å². The quantitative estimate of drug-likeness (QED) is 0.190. The number of nitrogens with two attached hydrogens (primary N) is 2. The van der Waals surface area contributed by atoms with Crippen LogP contribution in [0.15, 0.2) is 48.5 Å². The van der Waals surface area contributed by atoms with Gasteiger partial charge in [-0.05, 0) is 118 Å². The van der Waals surface area contributed by atoms with E-state index in [0.29, 0.717) is 41.5 Å². The molecule has 0 aliphatic carbocycles. The first-order valence-electron chi connectivity index (χ1n) is 15.2. The Kier molecular flexibility index (Phi) is 12.3. The number of rotatable bonds is 14. The molecule has 0 saturated heterocycles. The van der Waals surface area contributed by atoms with Gasteiger partial charge in [0.15, 0.2) is 0 Å². The van der Waals surface area contributed by atoms with Crippen LogP contribution < -0.4 is 32.7 Å². The SMILES string of the molecule is CC(N)CC(C)(C)NC(=O)c1cccc(C(=O)NC(C)CC(C)(C)NC(=O)c2cccc(C(=O)NC(C)CC(C)(C)N)c2)c1. The zero-order valence-electron chi connectivity index (χ0n) is 27.8. The maximum atomic E-state index is 13.1. The first kappa shape index (κ1) is 36.4. The second kappa shape index (κ2) is 14.8. The molecule has 0 aromatic heterocycles. The first-order valence-corrected chi connectivity index (χ1v) is 15.2. The molecule has 3 atom stereocenters. The van der Waals surface area contributed by atoms with Gasteiger partial charge in [-0.25, -0.2) is 0 Å². The zero-order chi connectivity index (χ0) is 33.5. The van der Waals surface area contributed by atoms with Gasteiger partial charge in [-0.2, -0.15) is 0 Å². The van der Waals surface area contributed by atoms with Gasteiger partial charge in [0.1, 0.15) is 0 Å². The topological polar surface area (TPSA) is 168 Å². The lowest BCUT2D eigenvalue weighted by Crippen LogP contribution is -2.48. The van der Waals surface area contributed by atoms with Crippen LogP contribution in [0.2, 0.25) is 0 Å². The Hall–Kier alpha value is -3.76. The Bertz CT molecular complexity index is 1330. The summed E-state index contributed by atoms with van der Waals surface area (Å²) in [5.41, 5.74) is 11.8. The van der Waals surface area contributed by atoms with E-state index in [4.69, 9.17) is 11.5 Å². The lowest BCUT2D eigenvalue weighted by atomic mass is 9.94. The molecule has 0 heterocycles. The van der Waals surface area contributed by atoms with Crippen molar-refractivity contribution in [3.63, 3.8) is 0 Å². The maximum Gasteiger partial charge on any atom is 0.251 e. The second-order valence-electron chi connectivity index (χ2n) is 14.2. The van der Waals surface area contributed by atoms with E-state index in [1.807, 2.05) is 62.3 Å². The predicted octanol–water partition coefficient (Wildman–Crippen LogP) is 3.90. The summed E-state index contributed by atoms with van der Waals surface area (Å²) in [7, 11) is 0. The van der Waals surface area contributed by atoms with Crippen LogP contribution in [-0.4, -0.2) is 58.4 Å². The molecule has 0 bridgehead atoms. The van der Waals surface area contributed by atoms with Gasteiger partial charge in [0.25, 0.3) is 23.6 Å². The largest absolute Gasteiger partial charge is 0.350 e. The van der Waals surface area contributed by atoms with Gasteiger partial charge >= 0.3 is 0 Å². The molecule has 0 radical (unpaired) electrons. The minimum atomic E-state index is -0.684. The van der Waals surface area contributed by atoms with Crippen LogP contribution in [0.5, 0.6) is 0 Å². The Morgan fingerprint density at radius 2 is 0.955 bits per heavy atom. The molecule has 8 N–H and O–H groups in total. The molecule has 10 heteroatoms. The number of hydrogen-bond acceptors (Lipinski definition) is 6. The van der Waals surface area contributed by atoms with Crippen LogP contribution in [0.3, 0.4) is 0 Å². The third-order valence-electron chi connectivity index (χ3n) is 6.91. The summed E-state index contributed by atoms with van der Waals surface area (Å²) in [6.07, 6.45) is 1.65. The van der Waals surface area contributed by atoms with Crippen LogP contribution >= 0.6 is 0 Å². The highest BCUT2D eigenvalue weighted by Gasteiger charge is 2.27. The molecule has 10 nitrogen and oxygen atoms in total. The summed E-state index contributed by atoms with van der Waals surface area (Å²) in [5.74, 6) is -1.21. The summed E-state index contributed by atoms with van der Waals surface area (Å²) >= 11 is 0. The Labute approximate surface area is 262 Å². The van der Waals surface area contributed by atoms with Crippen molar-refractivity contribution in [1.29, 1.82) is 0 Å². The van der Waals surface area contributed by atoms with Gasteiger partial charge in [-0.15, -0.1) is 0 Å². The minimum Gasteiger partial charge on any atom is -0.350 e. The van der Waals surface area contributed by atoms with Crippen molar-refractivity contribution in [2.24, 2.45) is 11.5 Å². The predicted molar refractivity (Wildman–Crippen MR) is 176 cm³/mol. The first-order chi connectivity index (χ1) is 20.2. The fourth-order valence-electron chi connectivity index (χ4n) is 5.54. The molecule has 2 rings (SSSR count). The van der Waals surface area contributed by atoms with E-state index in [2.05, 4.69) is 21.3 Å². The van der Waals surface area contributed by atoms with E-state index in [1.54, 1.807) is 48.5 Å². The van der Waals surface area contributed by atoms with E-state index in [9.17, 15) is 19.2 Å². The van der Waals surface area contributed by atoms with E-state index < -0.39 is 16.6 Å². The highest BCUT2D eigenvalue weighted by molar-refractivity contribution is 6.01. The summed E-state index contributed by atoms with van der Waals surface area (Å²) in [4.78, 5) is 51.8. The zero-order valence-corrected chi connectivity index (χ0v) is 27.8. The van der Waals surface area contributed by atoms with Gasteiger partial charge < -0.3 is 32.7 Å². The molecule has 44 heavy (non-hydrogen) atoms. The Morgan fingerprint density at radius 1 is 0.614 bits per heavy atom. The summed E-state index contributed by atoms with van der Waals surface area (Å²) in [5, 5.41) is 11.9. The van der Waals surface area contributed by atoms with E-state index in [0.717, 1.165) is 0 Å². The van der Waals surface area contributed by atoms with Crippen molar-refractivity contribution in [2.75, 3.05) is 0 Å². The van der Waals surface area contributed by atoms with Gasteiger partial charge in [0.2, 0.25) is 0 Å². The van der Waals surface area contributed by atoms with Crippen molar-refractivity contribution < 1.29 is 19.2 Å². The molecule has 0 spiro atoms. The normalized spacial score (nSPS) is 14.2. The fraction of sp³-hybridized carbons (Fsp3) is 0.529. The maximum absolute atomic E-state index is 13.1. The number of carbonyl (C=O) groups excluding carboxylic acids is 4. The highest BCUT2D eigenvalue weighted by atomic mass is 16.2. The molecule has 0 saturated carbocycles. The average Bonchev–Trinajstić information content (AvgIpc) is 2.85. The third kappa shape index (κ3) is 12.5. The monoisotopic (exact) mass is 608 g/mol. The van der Waals surface area contributed by atoms with Crippen LogP contribution in [0.25, 0.3) is 0 Å². The molecule has 0 aliphatic rings. The third-order valence-corrected chi connectivity index (χ3v) is 6.91. The van der Waals surface area contributed by atoms with Crippen LogP contribution in [-0.2, 0) is 0 Å². The number of hydrogen-bond donors (Lipinski definition) is 6. The van der Waals surface area contributed by atoms with Crippen LogP contribution in [0, 0.1) is 0 Å². The van der Waals surface area contributed by atoms with E-state index in [1.165, 1.54) is 0 Å². The molecule has 0 aliphatic heterocycles. The molecule has 0 fully saturated rings. The lowest BCUT2D eigenvalue weighted by molar-refractivity contribution is 0.0891. The van der Waals surface area contributed by atoms with Crippen molar-refractivity contribution in [3.05, 3.63) is 70.8 Å². The van der Waals surface area contributed by atoms with Crippen molar-refractivity contribution >= 4 is 23.6 Å². The Balaban J connectivity index is 2.00. The summed E-state index contributed by atoms with van der Waals surface area (Å²) in [6, 6.07) is 12.6. The number of nitrogens with one attached hydrogen (secondary N) is 4. The number of benzene rings is 2. The lowest BCUT2D eigenvalue weighted by Gasteiger charge is -2.30. The van der Waals surface area contributed by atoms with Crippen LogP contribution in [0.4, 0.5) is 0 Å². The van der Waals surface area contributed by atoms with Gasteiger partial charge in [0.05, 0.1) is 0 Å². The molecular formula is C34H52N6O4. The van der Waals surface area contributed by atoms with Crippen molar-refractivity contribution in [3.8, 4) is 0 Å². The molecule has 2 aromatic rings. The molecular weight excluding hydrogens is 556 g/mol. The summed E-state index contributed by atoms with van der Waals surface area (Å²) in [6.45, 7) is 17.0. The van der Waals surface area contributed by atoms with Gasteiger partial charge in [0, 0.05) is 57.0 Å². The van der Waals surface area contributed by atoms with Gasteiger partial charge in [-0.1, -0.05) is 12.1 Å². The number of carbonyl (C=O) groups is 4. The molecule has 2 aromatic carbocycles. The van der Waals surface area contributed by atoms with E-state index >= 15 is 0 Å². The number of amides is 4. The molecule has 4 amide bonds. The average molecular weight is 609 g/mol. The second-order valence-corrected chi connectivity index (χ2v) is 14.2. The molecule has 242 valence electrons. The highest BCUT2D eigenvalue weighted by Crippen LogP contribution is 2.17. The smallest absolute Gasteiger partial charge is 0.251 e. The molecule has 3 unspecified atom stereocenters. The standard InChI is InChI=1S/C34H52N6O4/c1-21(35)18-33(6,7)39-30(43)26-14-11-13-25(17-26)29(42)38-23(3)20-34(8,9)40-31(44)27-15-10-12-24(16-27)28(41)37-22(2)19-32(4,5)36/h10-17,21-23H,18-20,35-36H2,1-9H3,(H,37,41)(H,38,42)(H,39,43)(H,40,44). The van der Waals surface area contributed by atoms with Crippen LogP contribution in [0.1, 0.15) is 123 Å². The Morgan fingerprint density at radius 3 is 1.32 bits per heavy atom. The van der Waals surface area contributed by atoms with Gasteiger partial charge in [-0.3, -0.25) is 19.2 Å².